The number of hydrogen-bond donors (Lipinski definition) is 2. The Morgan fingerprint density at radius 3 is 2.30 bits per heavy atom. The van der Waals surface area contributed by atoms with Crippen molar-refractivity contribution in [1.82, 2.24) is 20.5 Å². The molecule has 0 radical (unpaired) electrons. The smallest absolute Gasteiger partial charge is 0.410 e. The first-order chi connectivity index (χ1) is 25.3. The van der Waals surface area contributed by atoms with Gasteiger partial charge in [0, 0.05) is 32.1 Å². The van der Waals surface area contributed by atoms with Gasteiger partial charge in [0.25, 0.3) is 5.89 Å². The average molecular weight is 742 g/mol. The molecule has 1 saturated heterocycles. The minimum atomic E-state index is -4.29. The number of sulfone groups is 1. The maximum Gasteiger partial charge on any atom is 0.410 e. The summed E-state index contributed by atoms with van der Waals surface area (Å²) < 4.78 is 38.9. The fourth-order valence-corrected chi connectivity index (χ4v) is 7.79. The third-order valence-electron chi connectivity index (χ3n) is 8.95. The van der Waals surface area contributed by atoms with E-state index in [1.54, 1.807) is 81.4 Å². The van der Waals surface area contributed by atoms with E-state index in [-0.39, 0.29) is 43.1 Å². The number of amides is 3. The topological polar surface area (TPSA) is 189 Å². The Labute approximate surface area is 308 Å². The number of ether oxygens (including phenoxy) is 1. The van der Waals surface area contributed by atoms with Crippen molar-refractivity contribution < 1.29 is 36.7 Å². The van der Waals surface area contributed by atoms with Gasteiger partial charge in [-0.3, -0.25) is 14.4 Å². The summed E-state index contributed by atoms with van der Waals surface area (Å²) in [6, 6.07) is 24.1. The summed E-state index contributed by atoms with van der Waals surface area (Å²) in [6.07, 6.45) is 0.292. The summed E-state index contributed by atoms with van der Waals surface area (Å²) in [4.78, 5) is 59.1. The molecule has 4 aromatic rings. The highest BCUT2D eigenvalue weighted by Gasteiger charge is 2.36. The molecule has 2 heterocycles. The first-order valence-corrected chi connectivity index (χ1v) is 19.1. The molecule has 278 valence electrons. The van der Waals surface area contributed by atoms with Crippen LogP contribution in [0.5, 0.6) is 0 Å². The highest BCUT2D eigenvalue weighted by atomic mass is 32.2. The van der Waals surface area contributed by atoms with E-state index in [0.717, 1.165) is 0 Å². The van der Waals surface area contributed by atoms with Crippen LogP contribution in [-0.4, -0.2) is 79.0 Å². The van der Waals surface area contributed by atoms with Crippen molar-refractivity contribution in [2.75, 3.05) is 26.2 Å². The predicted octanol–water partition coefficient (Wildman–Crippen LogP) is 4.92. The van der Waals surface area contributed by atoms with Gasteiger partial charge < -0.3 is 24.7 Å². The summed E-state index contributed by atoms with van der Waals surface area (Å²) in [5.74, 6) is -3.67. The minimum Gasteiger partial charge on any atom is -0.444 e. The first kappa shape index (κ1) is 38.7. The van der Waals surface area contributed by atoms with Gasteiger partial charge in [0.1, 0.15) is 11.1 Å². The maximum atomic E-state index is 13.9. The summed E-state index contributed by atoms with van der Waals surface area (Å²) in [6.45, 7) is 5.28. The standard InChI is InChI=1S/C39H43N5O8S/c1-39(2,3)52-38(48)44-21-18-27(19-22-44)35(46)42-24-33(53(49,50)25-29-14-8-7-13-28(29)23-40)36(47)41-20-17-30(26-11-5-4-6-12-26)34(45)37-43-31-15-9-10-16-32(31)51-37/h4-16,27,30,33H,17-22,24-25H2,1-3H3,(H,41,47)(H,42,46). The van der Waals surface area contributed by atoms with Crippen LogP contribution in [0.4, 0.5) is 4.79 Å². The van der Waals surface area contributed by atoms with Crippen molar-refractivity contribution in [1.29, 1.82) is 5.26 Å². The molecular formula is C39H43N5O8S. The van der Waals surface area contributed by atoms with Crippen LogP contribution in [0.25, 0.3) is 11.1 Å². The molecule has 0 bridgehead atoms. The van der Waals surface area contributed by atoms with E-state index in [9.17, 15) is 32.9 Å². The summed E-state index contributed by atoms with van der Waals surface area (Å²) in [7, 11) is -4.29. The molecule has 0 saturated carbocycles. The molecule has 1 fully saturated rings. The molecule has 1 aromatic heterocycles. The molecule has 13 nitrogen and oxygen atoms in total. The molecular weight excluding hydrogens is 699 g/mol. The molecule has 3 aromatic carbocycles. The zero-order chi connectivity index (χ0) is 38.2. The van der Waals surface area contributed by atoms with E-state index in [1.807, 2.05) is 12.1 Å². The van der Waals surface area contributed by atoms with Gasteiger partial charge >= 0.3 is 6.09 Å². The van der Waals surface area contributed by atoms with Crippen LogP contribution in [0, 0.1) is 17.2 Å². The van der Waals surface area contributed by atoms with Crippen molar-refractivity contribution >= 4 is 44.6 Å². The van der Waals surface area contributed by atoms with Crippen LogP contribution in [0.1, 0.15) is 73.3 Å². The number of rotatable bonds is 13. The quantitative estimate of drug-likeness (QED) is 0.178. The molecule has 3 amide bonds. The third kappa shape index (κ3) is 10.1. The second-order valence-corrected chi connectivity index (χ2v) is 16.1. The average Bonchev–Trinajstić information content (AvgIpc) is 3.57. The second-order valence-electron chi connectivity index (χ2n) is 13.9. The van der Waals surface area contributed by atoms with E-state index in [4.69, 9.17) is 9.15 Å². The van der Waals surface area contributed by atoms with Crippen LogP contribution in [0.3, 0.4) is 0 Å². The van der Waals surface area contributed by atoms with Gasteiger partial charge in [-0.05, 0) is 69.4 Å². The molecule has 2 unspecified atom stereocenters. The predicted molar refractivity (Wildman–Crippen MR) is 196 cm³/mol. The Kier molecular flexibility index (Phi) is 12.3. The number of nitrogens with zero attached hydrogens (tertiary/aromatic N) is 3. The van der Waals surface area contributed by atoms with Gasteiger partial charge in [0.05, 0.1) is 23.3 Å². The number of benzene rings is 3. The maximum absolute atomic E-state index is 13.9. The number of carbonyl (C=O) groups excluding carboxylic acids is 4. The highest BCUT2D eigenvalue weighted by molar-refractivity contribution is 7.92. The Balaban J connectivity index is 1.29. The number of likely N-dealkylation sites (tertiary alicyclic amines) is 1. The number of nitrogens with one attached hydrogen (secondary N) is 2. The number of hydrogen-bond acceptors (Lipinski definition) is 10. The molecule has 1 aliphatic rings. The molecule has 53 heavy (non-hydrogen) atoms. The molecule has 2 N–H and O–H groups in total. The van der Waals surface area contributed by atoms with Gasteiger partial charge in [0.2, 0.25) is 17.6 Å². The molecule has 1 aliphatic heterocycles. The first-order valence-electron chi connectivity index (χ1n) is 17.4. The molecule has 0 spiro atoms. The van der Waals surface area contributed by atoms with Gasteiger partial charge in [-0.15, -0.1) is 0 Å². The van der Waals surface area contributed by atoms with E-state index in [2.05, 4.69) is 15.6 Å². The molecule has 14 heteroatoms. The number of Topliss-reactive ketones (excluding diaryl/α,β-unsaturated/α-hetero) is 1. The van der Waals surface area contributed by atoms with Crippen LogP contribution in [0.2, 0.25) is 0 Å². The minimum absolute atomic E-state index is 0.0809. The fourth-order valence-electron chi connectivity index (χ4n) is 6.16. The number of para-hydroxylation sites is 2. The molecule has 5 rings (SSSR count). The van der Waals surface area contributed by atoms with Gasteiger partial charge in [-0.25, -0.2) is 18.2 Å². The number of nitriles is 1. The Morgan fingerprint density at radius 1 is 0.962 bits per heavy atom. The van der Waals surface area contributed by atoms with E-state index >= 15 is 0 Å². The van der Waals surface area contributed by atoms with E-state index < -0.39 is 68.5 Å². The van der Waals surface area contributed by atoms with Crippen molar-refractivity contribution in [2.24, 2.45) is 5.92 Å². The van der Waals surface area contributed by atoms with Crippen molar-refractivity contribution in [3.05, 3.63) is 101 Å². The third-order valence-corrected chi connectivity index (χ3v) is 10.9. The Bertz CT molecular complexity index is 2060. The number of oxazole rings is 1. The SMILES string of the molecule is CC(C)(C)OC(=O)N1CCC(C(=O)NCC(C(=O)NCCC(C(=O)c2nc3ccccc3o2)c2ccccc2)S(=O)(=O)Cc2ccccc2C#N)CC1. The van der Waals surface area contributed by atoms with Crippen LogP contribution in [0.15, 0.2) is 83.3 Å². The van der Waals surface area contributed by atoms with Crippen LogP contribution < -0.4 is 10.6 Å². The monoisotopic (exact) mass is 741 g/mol. The van der Waals surface area contributed by atoms with Gasteiger partial charge in [-0.2, -0.15) is 5.26 Å². The number of fused-ring (bicyclic) bond motifs is 1. The zero-order valence-electron chi connectivity index (χ0n) is 29.9. The van der Waals surface area contributed by atoms with Gasteiger partial charge in [-0.1, -0.05) is 60.7 Å². The van der Waals surface area contributed by atoms with Crippen LogP contribution >= 0.6 is 0 Å². The lowest BCUT2D eigenvalue weighted by atomic mass is 9.91. The number of ketones is 1. The lowest BCUT2D eigenvalue weighted by Crippen LogP contribution is -2.50. The molecule has 2 atom stereocenters. The largest absolute Gasteiger partial charge is 0.444 e. The van der Waals surface area contributed by atoms with Gasteiger partial charge in [0.15, 0.2) is 20.7 Å². The Hall–Kier alpha value is -5.55. The summed E-state index contributed by atoms with van der Waals surface area (Å²) in [5, 5.41) is 13.2. The van der Waals surface area contributed by atoms with Crippen LogP contribution in [-0.2, 0) is 29.9 Å². The lowest BCUT2D eigenvalue weighted by molar-refractivity contribution is -0.126. The normalized spacial score (nSPS) is 14.9. The van der Waals surface area contributed by atoms with Crippen molar-refractivity contribution in [2.45, 2.75) is 62.6 Å². The number of carbonyl (C=O) groups is 4. The zero-order valence-corrected chi connectivity index (χ0v) is 30.7. The summed E-state index contributed by atoms with van der Waals surface area (Å²) in [5.41, 5.74) is 1.36. The number of piperidine rings is 1. The summed E-state index contributed by atoms with van der Waals surface area (Å²) >= 11 is 0. The Morgan fingerprint density at radius 2 is 1.62 bits per heavy atom. The number of aromatic nitrogens is 1. The van der Waals surface area contributed by atoms with E-state index in [1.165, 1.54) is 17.0 Å². The van der Waals surface area contributed by atoms with E-state index in [0.29, 0.717) is 29.5 Å². The fraction of sp³-hybridized carbons (Fsp3) is 0.385. The molecule has 0 aliphatic carbocycles. The lowest BCUT2D eigenvalue weighted by Gasteiger charge is -2.33. The van der Waals surface area contributed by atoms with Crippen molar-refractivity contribution in [3.8, 4) is 6.07 Å². The van der Waals surface area contributed by atoms with Crippen molar-refractivity contribution in [3.63, 3.8) is 0 Å². The second kappa shape index (κ2) is 16.9. The highest BCUT2D eigenvalue weighted by Crippen LogP contribution is 2.26.